The summed E-state index contributed by atoms with van der Waals surface area (Å²) in [5.74, 6) is 1.63. The van der Waals surface area contributed by atoms with Gasteiger partial charge in [-0.2, -0.15) is 0 Å². The Bertz CT molecular complexity index is 884. The Kier molecular flexibility index (Phi) is 6.61. The van der Waals surface area contributed by atoms with E-state index in [0.717, 1.165) is 51.4 Å². The summed E-state index contributed by atoms with van der Waals surface area (Å²) in [4.78, 5) is 52.1. The van der Waals surface area contributed by atoms with Crippen molar-refractivity contribution in [2.75, 3.05) is 0 Å². The van der Waals surface area contributed by atoms with Gasteiger partial charge in [-0.3, -0.25) is 19.2 Å². The number of hydrogen-bond acceptors (Lipinski definition) is 4. The fourth-order valence-corrected chi connectivity index (χ4v) is 8.81. The molecule has 3 fully saturated rings. The first kappa shape index (κ1) is 24.5. The van der Waals surface area contributed by atoms with E-state index in [1.165, 1.54) is 5.57 Å². The number of allylic oxidation sites excluding steroid dienone is 1. The monoisotopic (exact) mass is 454 g/mol. The van der Waals surface area contributed by atoms with E-state index in [9.17, 15) is 19.2 Å². The molecule has 3 saturated carbocycles. The minimum absolute atomic E-state index is 0.0151. The molecule has 33 heavy (non-hydrogen) atoms. The molecule has 0 heterocycles. The molecule has 0 N–H and O–H groups in total. The molecular weight excluding hydrogens is 412 g/mol. The normalized spacial score (nSPS) is 39.8. The van der Waals surface area contributed by atoms with Gasteiger partial charge in [0.15, 0.2) is 11.6 Å². The zero-order valence-electron chi connectivity index (χ0n) is 21.1. The lowest BCUT2D eigenvalue weighted by Crippen LogP contribution is -2.57. The molecule has 0 aliphatic heterocycles. The zero-order chi connectivity index (χ0) is 24.0. The van der Waals surface area contributed by atoms with Gasteiger partial charge in [0.05, 0.1) is 11.8 Å². The quantitative estimate of drug-likeness (QED) is 0.409. The first-order valence-corrected chi connectivity index (χ1v) is 13.5. The van der Waals surface area contributed by atoms with Gasteiger partial charge >= 0.3 is 0 Å². The van der Waals surface area contributed by atoms with Crippen LogP contribution in [0.4, 0.5) is 0 Å². The van der Waals surface area contributed by atoms with E-state index < -0.39 is 5.41 Å². The summed E-state index contributed by atoms with van der Waals surface area (Å²) in [6, 6.07) is 0. The maximum Gasteiger partial charge on any atom is 0.155 e. The van der Waals surface area contributed by atoms with Gasteiger partial charge in [-0.15, -0.1) is 0 Å². The van der Waals surface area contributed by atoms with Crippen LogP contribution in [0.3, 0.4) is 0 Å². The molecule has 0 saturated heterocycles. The Hall–Kier alpha value is -1.58. The topological polar surface area (TPSA) is 68.3 Å². The summed E-state index contributed by atoms with van der Waals surface area (Å²) in [6.45, 7) is 8.54. The highest BCUT2D eigenvalue weighted by molar-refractivity contribution is 6.14. The van der Waals surface area contributed by atoms with E-state index in [1.807, 2.05) is 19.9 Å². The summed E-state index contributed by atoms with van der Waals surface area (Å²) in [5, 5.41) is 0. The minimum atomic E-state index is -0.985. The lowest BCUT2D eigenvalue weighted by Gasteiger charge is -2.59. The Balaban J connectivity index is 1.69. The number of Topliss-reactive ketones (excluding diaryl/α,β-unsaturated/α-hetero) is 3. The molecular formula is C29H42O4. The standard InChI is InChI=1S/C29H42O4/c1-5-7-20(30)18-26(33)29(25(32)8-6-2)16-13-24-22-10-9-19-17-21(31)11-14-27(19,3)23(22)12-15-28(24,29)4/h17,22-24H,5-16,18H2,1-4H3/t22-,23+,24+,27+,28+,29+/m1/s1. The van der Waals surface area contributed by atoms with Gasteiger partial charge in [-0.25, -0.2) is 0 Å². The SMILES string of the molecule is CCCC(=O)CC(=O)[C@@]1(C(=O)CCC)CC[C@H]2[C@@H]3CCC4=CC(=O)CC[C@]4(C)[C@H]3CC[C@@]21C. The summed E-state index contributed by atoms with van der Waals surface area (Å²) in [7, 11) is 0. The van der Waals surface area contributed by atoms with Gasteiger partial charge < -0.3 is 0 Å². The van der Waals surface area contributed by atoms with E-state index in [2.05, 4.69) is 13.8 Å². The van der Waals surface area contributed by atoms with Crippen molar-refractivity contribution >= 4 is 23.1 Å². The third kappa shape index (κ3) is 3.62. The van der Waals surface area contributed by atoms with Gasteiger partial charge in [-0.05, 0) is 92.4 Å². The lowest BCUT2D eigenvalue weighted by molar-refractivity contribution is -0.156. The molecule has 4 nitrogen and oxygen atoms in total. The molecule has 0 radical (unpaired) electrons. The van der Waals surface area contributed by atoms with Gasteiger partial charge in [0.2, 0.25) is 0 Å². The zero-order valence-corrected chi connectivity index (χ0v) is 21.1. The van der Waals surface area contributed by atoms with Crippen molar-refractivity contribution in [1.29, 1.82) is 0 Å². The van der Waals surface area contributed by atoms with Crippen molar-refractivity contribution in [2.45, 2.75) is 111 Å². The first-order chi connectivity index (χ1) is 15.6. The van der Waals surface area contributed by atoms with Gasteiger partial charge in [0, 0.05) is 19.3 Å². The van der Waals surface area contributed by atoms with Crippen LogP contribution in [0, 0.1) is 34.0 Å². The second-order valence-corrected chi connectivity index (χ2v) is 11.9. The smallest absolute Gasteiger partial charge is 0.155 e. The van der Waals surface area contributed by atoms with E-state index in [4.69, 9.17) is 0 Å². The third-order valence-corrected chi connectivity index (χ3v) is 10.5. The molecule has 6 atom stereocenters. The molecule has 0 amide bonds. The molecule has 0 bridgehead atoms. The molecule has 4 rings (SSSR count). The van der Waals surface area contributed by atoms with E-state index in [-0.39, 0.29) is 40.4 Å². The number of carbonyl (C=O) groups is 4. The lowest BCUT2D eigenvalue weighted by atomic mass is 9.44. The van der Waals surface area contributed by atoms with Crippen molar-refractivity contribution in [3.8, 4) is 0 Å². The molecule has 0 unspecified atom stereocenters. The molecule has 0 aromatic heterocycles. The summed E-state index contributed by atoms with van der Waals surface area (Å²) in [5.41, 5.74) is 0.0853. The van der Waals surface area contributed by atoms with Gasteiger partial charge in [0.25, 0.3) is 0 Å². The Labute approximate surface area is 199 Å². The highest BCUT2D eigenvalue weighted by Gasteiger charge is 2.68. The number of ketones is 4. The van der Waals surface area contributed by atoms with Crippen molar-refractivity contribution in [3.63, 3.8) is 0 Å². The molecule has 4 aliphatic rings. The van der Waals surface area contributed by atoms with Crippen LogP contribution in [0.15, 0.2) is 11.6 Å². The third-order valence-electron chi connectivity index (χ3n) is 10.5. The van der Waals surface area contributed by atoms with Crippen LogP contribution in [0.25, 0.3) is 0 Å². The number of rotatable bonds is 8. The van der Waals surface area contributed by atoms with Crippen LogP contribution < -0.4 is 0 Å². The summed E-state index contributed by atoms with van der Waals surface area (Å²) in [6.07, 6.45) is 11.2. The number of hydrogen-bond donors (Lipinski definition) is 0. The average Bonchev–Trinajstić information content (AvgIpc) is 3.08. The average molecular weight is 455 g/mol. The number of carbonyl (C=O) groups excluding carboxylic acids is 4. The highest BCUT2D eigenvalue weighted by atomic mass is 16.2. The van der Waals surface area contributed by atoms with E-state index in [0.29, 0.717) is 43.4 Å². The van der Waals surface area contributed by atoms with Crippen molar-refractivity contribution < 1.29 is 19.2 Å². The van der Waals surface area contributed by atoms with Crippen LogP contribution in [-0.2, 0) is 19.2 Å². The van der Waals surface area contributed by atoms with Crippen LogP contribution in [-0.4, -0.2) is 23.1 Å². The van der Waals surface area contributed by atoms with E-state index in [1.54, 1.807) is 0 Å². The second-order valence-electron chi connectivity index (χ2n) is 11.9. The highest BCUT2D eigenvalue weighted by Crippen LogP contribution is 2.70. The molecule has 4 heteroatoms. The van der Waals surface area contributed by atoms with Crippen LogP contribution >= 0.6 is 0 Å². The molecule has 0 aromatic rings. The second kappa shape index (κ2) is 8.89. The molecule has 0 spiro atoms. The maximum absolute atomic E-state index is 13.8. The maximum atomic E-state index is 13.8. The predicted octanol–water partition coefficient (Wildman–Crippen LogP) is 6.20. The fraction of sp³-hybridized carbons (Fsp3) is 0.793. The summed E-state index contributed by atoms with van der Waals surface area (Å²) >= 11 is 0. The van der Waals surface area contributed by atoms with E-state index >= 15 is 0 Å². The van der Waals surface area contributed by atoms with Gasteiger partial charge in [0.1, 0.15) is 11.6 Å². The molecule has 4 aliphatic carbocycles. The number of fused-ring (bicyclic) bond motifs is 5. The minimum Gasteiger partial charge on any atom is -0.299 e. The Morgan fingerprint density at radius 2 is 1.58 bits per heavy atom. The van der Waals surface area contributed by atoms with Crippen molar-refractivity contribution in [1.82, 2.24) is 0 Å². The van der Waals surface area contributed by atoms with Crippen molar-refractivity contribution in [3.05, 3.63) is 11.6 Å². The molecule has 182 valence electrons. The van der Waals surface area contributed by atoms with Crippen molar-refractivity contribution in [2.24, 2.45) is 34.0 Å². The van der Waals surface area contributed by atoms with Gasteiger partial charge in [-0.1, -0.05) is 33.3 Å². The Morgan fingerprint density at radius 1 is 0.879 bits per heavy atom. The summed E-state index contributed by atoms with van der Waals surface area (Å²) < 4.78 is 0. The van der Waals surface area contributed by atoms with Crippen LogP contribution in [0.2, 0.25) is 0 Å². The van der Waals surface area contributed by atoms with Crippen LogP contribution in [0.1, 0.15) is 111 Å². The fourth-order valence-electron chi connectivity index (χ4n) is 8.81. The predicted molar refractivity (Wildman–Crippen MR) is 129 cm³/mol. The largest absolute Gasteiger partial charge is 0.299 e. The first-order valence-electron chi connectivity index (χ1n) is 13.5. The molecule has 0 aromatic carbocycles. The van der Waals surface area contributed by atoms with Crippen LogP contribution in [0.5, 0.6) is 0 Å². The Morgan fingerprint density at radius 3 is 2.27 bits per heavy atom.